The molecule has 1 aliphatic heterocycles. The van der Waals surface area contributed by atoms with Gasteiger partial charge in [0.1, 0.15) is 24.1 Å². The number of ether oxygens (including phenoxy) is 1. The predicted octanol–water partition coefficient (Wildman–Crippen LogP) is 3.03. The van der Waals surface area contributed by atoms with E-state index < -0.39 is 36.7 Å². The zero-order chi connectivity index (χ0) is 27.3. The van der Waals surface area contributed by atoms with E-state index in [9.17, 15) is 20.1 Å². The normalized spacial score (nSPS) is 21.6. The summed E-state index contributed by atoms with van der Waals surface area (Å²) in [6, 6.07) is 22.5. The smallest absolute Gasteiger partial charge is 0.280 e. The second-order valence-electron chi connectivity index (χ2n) is 10.3. The number of rotatable bonds is 3. The molecule has 2 aromatic heterocycles. The van der Waals surface area contributed by atoms with Crippen LogP contribution in [0.15, 0.2) is 71.5 Å². The fourth-order valence-corrected chi connectivity index (χ4v) is 6.35. The number of nitrogen functional groups attached to an aromatic ring is 1. The van der Waals surface area contributed by atoms with Gasteiger partial charge in [0.25, 0.3) is 5.56 Å². The van der Waals surface area contributed by atoms with E-state index in [0.717, 1.165) is 48.7 Å². The first kappa shape index (κ1) is 23.3. The van der Waals surface area contributed by atoms with Crippen LogP contribution in [0.25, 0.3) is 65.6 Å². The van der Waals surface area contributed by atoms with Crippen LogP contribution in [0.3, 0.4) is 0 Å². The Morgan fingerprint density at radius 1 is 0.850 bits per heavy atom. The van der Waals surface area contributed by atoms with Crippen LogP contribution in [-0.4, -0.2) is 59.8 Å². The van der Waals surface area contributed by atoms with E-state index in [2.05, 4.69) is 40.3 Å². The number of aromatic amines is 1. The molecule has 0 radical (unpaired) electrons. The van der Waals surface area contributed by atoms with E-state index in [1.807, 2.05) is 36.4 Å². The molecule has 0 aliphatic carbocycles. The molecule has 1 fully saturated rings. The highest BCUT2D eigenvalue weighted by Crippen LogP contribution is 2.46. The van der Waals surface area contributed by atoms with E-state index in [-0.39, 0.29) is 17.1 Å². The van der Waals surface area contributed by atoms with Crippen LogP contribution >= 0.6 is 0 Å². The molecule has 1 saturated heterocycles. The molecule has 0 bridgehead atoms. The number of hydrogen-bond donors (Lipinski definition) is 5. The number of H-pyrrole nitrogens is 1. The number of imidazole rings is 1. The minimum absolute atomic E-state index is 0.0108. The number of aromatic nitrogens is 4. The van der Waals surface area contributed by atoms with Crippen molar-refractivity contribution in [1.82, 2.24) is 19.5 Å². The lowest BCUT2D eigenvalue weighted by molar-refractivity contribution is -0.0503. The van der Waals surface area contributed by atoms with E-state index in [4.69, 9.17) is 15.5 Å². The Morgan fingerprint density at radius 2 is 1.57 bits per heavy atom. The number of hydrogen-bond acceptors (Lipinski definition) is 8. The van der Waals surface area contributed by atoms with Gasteiger partial charge in [-0.15, -0.1) is 0 Å². The number of aliphatic hydroxyl groups is 3. The van der Waals surface area contributed by atoms with Gasteiger partial charge in [0.2, 0.25) is 5.95 Å². The topological polar surface area (TPSA) is 160 Å². The minimum Gasteiger partial charge on any atom is -0.394 e. The maximum atomic E-state index is 13.0. The van der Waals surface area contributed by atoms with Gasteiger partial charge in [-0.2, -0.15) is 4.98 Å². The summed E-state index contributed by atoms with van der Waals surface area (Å²) in [5.74, 6) is 0.194. The summed E-state index contributed by atoms with van der Waals surface area (Å²) in [4.78, 5) is 24.7. The van der Waals surface area contributed by atoms with Gasteiger partial charge in [0.05, 0.1) is 6.61 Å². The van der Waals surface area contributed by atoms with E-state index >= 15 is 0 Å². The molecule has 5 aromatic carbocycles. The third-order valence-corrected chi connectivity index (χ3v) is 8.10. The molecule has 7 aromatic rings. The fraction of sp³-hybridized carbons (Fsp3) is 0.167. The standard InChI is InChI=1S/C30H23N5O5/c31-30-33-27-23(28(39)34-30)32-26(35(27)29-25(38)24(37)19(12-36)40-29)22-16-7-2-1-6-15(16)17-10-8-13-4-3-5-14-9-11-18(22)21(17)20(13)14/h1-11,19,24-25,29,36-38H,12H2,(H3,31,33,34,39)/t19-,24-,25-,29-/m1/s1. The molecule has 1 aliphatic rings. The molecule has 0 unspecified atom stereocenters. The summed E-state index contributed by atoms with van der Waals surface area (Å²) in [5, 5.41) is 39.7. The highest BCUT2D eigenvalue weighted by molar-refractivity contribution is 6.33. The molecular formula is C30H23N5O5. The van der Waals surface area contributed by atoms with E-state index in [1.165, 1.54) is 4.57 Å². The predicted molar refractivity (Wildman–Crippen MR) is 152 cm³/mol. The molecule has 6 N–H and O–H groups in total. The van der Waals surface area contributed by atoms with Crippen LogP contribution < -0.4 is 11.3 Å². The third kappa shape index (κ3) is 2.98. The van der Waals surface area contributed by atoms with Crippen LogP contribution in [0.5, 0.6) is 0 Å². The van der Waals surface area contributed by atoms with Crippen molar-refractivity contribution in [3.8, 4) is 11.4 Å². The number of anilines is 1. The Morgan fingerprint density at radius 3 is 2.30 bits per heavy atom. The van der Waals surface area contributed by atoms with Crippen molar-refractivity contribution in [2.24, 2.45) is 0 Å². The quantitative estimate of drug-likeness (QED) is 0.171. The van der Waals surface area contributed by atoms with Gasteiger partial charge >= 0.3 is 0 Å². The monoisotopic (exact) mass is 533 g/mol. The Labute approximate surface area is 225 Å². The Kier molecular flexibility index (Phi) is 4.77. The van der Waals surface area contributed by atoms with Crippen molar-refractivity contribution in [3.63, 3.8) is 0 Å². The van der Waals surface area contributed by atoms with Crippen molar-refractivity contribution in [1.29, 1.82) is 0 Å². The first-order valence-electron chi connectivity index (χ1n) is 12.9. The summed E-state index contributed by atoms with van der Waals surface area (Å²) in [7, 11) is 0. The minimum atomic E-state index is -1.43. The maximum absolute atomic E-state index is 13.0. The third-order valence-electron chi connectivity index (χ3n) is 8.10. The first-order chi connectivity index (χ1) is 19.5. The van der Waals surface area contributed by atoms with Crippen LogP contribution in [0.2, 0.25) is 0 Å². The summed E-state index contributed by atoms with van der Waals surface area (Å²) in [6.07, 6.45) is -5.03. The average Bonchev–Trinajstić information content (AvgIpc) is 3.47. The molecule has 4 atom stereocenters. The van der Waals surface area contributed by atoms with Crippen molar-refractivity contribution in [2.75, 3.05) is 12.3 Å². The number of nitrogens with two attached hydrogens (primary N) is 1. The number of nitrogens with one attached hydrogen (secondary N) is 1. The number of benzene rings is 5. The van der Waals surface area contributed by atoms with Crippen molar-refractivity contribution in [3.05, 3.63) is 77.1 Å². The highest BCUT2D eigenvalue weighted by Gasteiger charge is 2.45. The summed E-state index contributed by atoms with van der Waals surface area (Å²) in [5.41, 5.74) is 6.22. The summed E-state index contributed by atoms with van der Waals surface area (Å²) >= 11 is 0. The molecule has 8 rings (SSSR count). The maximum Gasteiger partial charge on any atom is 0.280 e. The second kappa shape index (κ2) is 8.20. The van der Waals surface area contributed by atoms with Gasteiger partial charge in [-0.1, -0.05) is 66.7 Å². The molecule has 0 saturated carbocycles. The Hall–Kier alpha value is -4.61. The van der Waals surface area contributed by atoms with E-state index in [1.54, 1.807) is 0 Å². The first-order valence-corrected chi connectivity index (χ1v) is 12.9. The Bertz CT molecular complexity index is 2170. The van der Waals surface area contributed by atoms with E-state index in [0.29, 0.717) is 5.82 Å². The molecule has 0 spiro atoms. The zero-order valence-electron chi connectivity index (χ0n) is 20.9. The summed E-state index contributed by atoms with van der Waals surface area (Å²) in [6.45, 7) is -0.505. The van der Waals surface area contributed by atoms with Crippen LogP contribution in [0.4, 0.5) is 5.95 Å². The van der Waals surface area contributed by atoms with Gasteiger partial charge in [-0.05, 0) is 43.1 Å². The lowest BCUT2D eigenvalue weighted by Crippen LogP contribution is -2.33. The van der Waals surface area contributed by atoms with Gasteiger partial charge in [-0.25, -0.2) is 4.98 Å². The van der Waals surface area contributed by atoms with Gasteiger partial charge in [-0.3, -0.25) is 14.3 Å². The van der Waals surface area contributed by atoms with Gasteiger partial charge < -0.3 is 25.8 Å². The van der Waals surface area contributed by atoms with Gasteiger partial charge in [0.15, 0.2) is 17.4 Å². The van der Waals surface area contributed by atoms with Crippen molar-refractivity contribution >= 4 is 60.2 Å². The van der Waals surface area contributed by atoms with Crippen molar-refractivity contribution < 1.29 is 20.1 Å². The molecule has 40 heavy (non-hydrogen) atoms. The molecule has 198 valence electrons. The number of nitrogens with zero attached hydrogens (tertiary/aromatic N) is 3. The number of fused-ring (bicyclic) bond motifs is 3. The molecule has 10 heteroatoms. The average molecular weight is 534 g/mol. The molecular weight excluding hydrogens is 510 g/mol. The Balaban J connectivity index is 1.58. The highest BCUT2D eigenvalue weighted by atomic mass is 16.6. The second-order valence-corrected chi connectivity index (χ2v) is 10.3. The van der Waals surface area contributed by atoms with Crippen LogP contribution in [0, 0.1) is 0 Å². The fourth-order valence-electron chi connectivity index (χ4n) is 6.35. The SMILES string of the molecule is Nc1nc2c(nc(-c3c4ccccc4c4ccc5cccc6ccc3c4c65)n2[C@@H]2O[C@H](CO)[C@@H](O)[C@H]2O)c(=O)[nH]1. The number of aliphatic hydroxyl groups excluding tert-OH is 3. The van der Waals surface area contributed by atoms with Crippen LogP contribution in [-0.2, 0) is 4.74 Å². The lowest BCUT2D eigenvalue weighted by atomic mass is 9.87. The van der Waals surface area contributed by atoms with Crippen molar-refractivity contribution in [2.45, 2.75) is 24.5 Å². The van der Waals surface area contributed by atoms with Crippen LogP contribution in [0.1, 0.15) is 6.23 Å². The molecule has 3 heterocycles. The summed E-state index contributed by atoms with van der Waals surface area (Å²) < 4.78 is 7.46. The largest absolute Gasteiger partial charge is 0.394 e. The van der Waals surface area contributed by atoms with Gasteiger partial charge in [0, 0.05) is 5.56 Å². The lowest BCUT2D eigenvalue weighted by Gasteiger charge is -2.22. The molecule has 0 amide bonds. The zero-order valence-corrected chi connectivity index (χ0v) is 20.9. The molecule has 10 nitrogen and oxygen atoms in total.